The number of hydrogen-bond acceptors (Lipinski definition) is 3. The second-order valence-corrected chi connectivity index (χ2v) is 4.42. The molecular formula is C13H20N2O. The van der Waals surface area contributed by atoms with Crippen LogP contribution in [0.2, 0.25) is 0 Å². The molecule has 1 aliphatic rings. The van der Waals surface area contributed by atoms with E-state index in [9.17, 15) is 0 Å². The molecular weight excluding hydrogens is 200 g/mol. The van der Waals surface area contributed by atoms with Crippen LogP contribution in [-0.4, -0.2) is 24.2 Å². The van der Waals surface area contributed by atoms with Crippen LogP contribution < -0.4 is 5.32 Å². The van der Waals surface area contributed by atoms with Gasteiger partial charge in [0, 0.05) is 24.8 Å². The van der Waals surface area contributed by atoms with E-state index in [-0.39, 0.29) is 0 Å². The molecule has 1 aromatic heterocycles. The summed E-state index contributed by atoms with van der Waals surface area (Å²) >= 11 is 0. The number of rotatable bonds is 4. The van der Waals surface area contributed by atoms with Gasteiger partial charge in [0.2, 0.25) is 0 Å². The van der Waals surface area contributed by atoms with Crippen molar-refractivity contribution in [3.63, 3.8) is 0 Å². The van der Waals surface area contributed by atoms with Crippen molar-refractivity contribution in [2.24, 2.45) is 5.92 Å². The quantitative estimate of drug-likeness (QED) is 0.846. The second kappa shape index (κ2) is 5.30. The Hall–Kier alpha value is -1.09. The van der Waals surface area contributed by atoms with Gasteiger partial charge in [0.05, 0.1) is 6.61 Å². The van der Waals surface area contributed by atoms with Crippen LogP contribution in [0.5, 0.6) is 0 Å². The minimum Gasteiger partial charge on any atom is -0.381 e. The highest BCUT2D eigenvalue weighted by molar-refractivity contribution is 5.44. The van der Waals surface area contributed by atoms with Gasteiger partial charge < -0.3 is 10.1 Å². The van der Waals surface area contributed by atoms with Gasteiger partial charge in [0.1, 0.15) is 5.82 Å². The lowest BCUT2D eigenvalue weighted by atomic mass is 10.0. The van der Waals surface area contributed by atoms with Gasteiger partial charge in [-0.05, 0) is 31.4 Å². The number of hydrogen-bond donors (Lipinski definition) is 1. The predicted octanol–water partition coefficient (Wildman–Crippen LogP) is 2.48. The van der Waals surface area contributed by atoms with Crippen LogP contribution in [0.25, 0.3) is 0 Å². The fourth-order valence-corrected chi connectivity index (χ4v) is 2.13. The van der Waals surface area contributed by atoms with Crippen LogP contribution in [0.1, 0.15) is 25.8 Å². The fraction of sp³-hybridized carbons (Fsp3) is 0.615. The summed E-state index contributed by atoms with van der Waals surface area (Å²) in [5.41, 5.74) is 1.29. The van der Waals surface area contributed by atoms with Crippen molar-refractivity contribution in [3.05, 3.63) is 23.9 Å². The molecule has 0 radical (unpaired) electrons. The first-order valence-electron chi connectivity index (χ1n) is 6.09. The summed E-state index contributed by atoms with van der Waals surface area (Å²) in [6, 6.07) is 4.56. The van der Waals surface area contributed by atoms with Crippen molar-refractivity contribution < 1.29 is 4.74 Å². The van der Waals surface area contributed by atoms with Crippen LogP contribution in [0.3, 0.4) is 0 Å². The molecule has 0 aliphatic carbocycles. The Labute approximate surface area is 97.2 Å². The highest BCUT2D eigenvalue weighted by atomic mass is 16.5. The molecule has 0 aromatic carbocycles. The van der Waals surface area contributed by atoms with E-state index in [0.717, 1.165) is 31.9 Å². The zero-order chi connectivity index (χ0) is 11.4. The van der Waals surface area contributed by atoms with Gasteiger partial charge in [-0.15, -0.1) is 0 Å². The van der Waals surface area contributed by atoms with E-state index in [1.165, 1.54) is 5.56 Å². The monoisotopic (exact) mass is 220 g/mol. The molecule has 2 rings (SSSR count). The minimum atomic E-state index is 0.433. The Morgan fingerprint density at radius 3 is 3.19 bits per heavy atom. The third kappa shape index (κ3) is 2.53. The molecule has 0 bridgehead atoms. The molecule has 1 saturated heterocycles. The SMILES string of the molecule is CCc1cccnc1NC(C)C1CCOC1. The zero-order valence-electron chi connectivity index (χ0n) is 10.1. The first-order valence-corrected chi connectivity index (χ1v) is 6.09. The van der Waals surface area contributed by atoms with Crippen LogP contribution in [0.4, 0.5) is 5.82 Å². The van der Waals surface area contributed by atoms with Gasteiger partial charge in [0.15, 0.2) is 0 Å². The number of aromatic nitrogens is 1. The minimum absolute atomic E-state index is 0.433. The lowest BCUT2D eigenvalue weighted by molar-refractivity contribution is 0.183. The van der Waals surface area contributed by atoms with E-state index in [1.54, 1.807) is 0 Å². The number of aryl methyl sites for hydroxylation is 1. The largest absolute Gasteiger partial charge is 0.381 e. The predicted molar refractivity (Wildman–Crippen MR) is 65.6 cm³/mol. The summed E-state index contributed by atoms with van der Waals surface area (Å²) in [7, 11) is 0. The first kappa shape index (κ1) is 11.4. The van der Waals surface area contributed by atoms with Gasteiger partial charge in [-0.1, -0.05) is 13.0 Å². The lowest BCUT2D eigenvalue weighted by Crippen LogP contribution is -2.27. The van der Waals surface area contributed by atoms with Crippen LogP contribution in [0.15, 0.2) is 18.3 Å². The first-order chi connectivity index (χ1) is 7.81. The molecule has 1 fully saturated rings. The molecule has 3 heteroatoms. The molecule has 2 atom stereocenters. The van der Waals surface area contributed by atoms with Crippen LogP contribution in [0, 0.1) is 5.92 Å². The number of nitrogens with one attached hydrogen (secondary N) is 1. The summed E-state index contributed by atoms with van der Waals surface area (Å²) in [5.74, 6) is 1.65. The highest BCUT2D eigenvalue weighted by Crippen LogP contribution is 2.21. The maximum atomic E-state index is 5.41. The summed E-state index contributed by atoms with van der Waals surface area (Å²) in [5, 5.41) is 3.51. The van der Waals surface area contributed by atoms with Gasteiger partial charge in [-0.25, -0.2) is 4.98 Å². The Morgan fingerprint density at radius 1 is 1.62 bits per heavy atom. The summed E-state index contributed by atoms with van der Waals surface area (Å²) in [6.07, 6.45) is 4.02. The van der Waals surface area contributed by atoms with Crippen molar-refractivity contribution in [2.45, 2.75) is 32.7 Å². The van der Waals surface area contributed by atoms with E-state index in [4.69, 9.17) is 4.74 Å². The Morgan fingerprint density at radius 2 is 2.50 bits per heavy atom. The number of anilines is 1. The summed E-state index contributed by atoms with van der Waals surface area (Å²) in [4.78, 5) is 4.41. The molecule has 88 valence electrons. The van der Waals surface area contributed by atoms with Crippen LogP contribution in [-0.2, 0) is 11.2 Å². The van der Waals surface area contributed by atoms with E-state index in [1.807, 2.05) is 12.3 Å². The molecule has 16 heavy (non-hydrogen) atoms. The molecule has 1 aliphatic heterocycles. The Bertz CT molecular complexity index is 334. The van der Waals surface area contributed by atoms with Gasteiger partial charge in [-0.3, -0.25) is 0 Å². The maximum absolute atomic E-state index is 5.41. The Balaban J connectivity index is 2.01. The average molecular weight is 220 g/mol. The third-order valence-corrected chi connectivity index (χ3v) is 3.31. The zero-order valence-corrected chi connectivity index (χ0v) is 10.1. The van der Waals surface area contributed by atoms with Crippen molar-refractivity contribution in [3.8, 4) is 0 Å². The molecule has 2 heterocycles. The molecule has 0 spiro atoms. The van der Waals surface area contributed by atoms with E-state index < -0.39 is 0 Å². The molecule has 0 amide bonds. The van der Waals surface area contributed by atoms with Crippen molar-refractivity contribution in [1.82, 2.24) is 4.98 Å². The van der Waals surface area contributed by atoms with E-state index >= 15 is 0 Å². The summed E-state index contributed by atoms with van der Waals surface area (Å²) in [6.45, 7) is 6.15. The molecule has 2 unspecified atom stereocenters. The van der Waals surface area contributed by atoms with Crippen molar-refractivity contribution in [2.75, 3.05) is 18.5 Å². The lowest BCUT2D eigenvalue weighted by Gasteiger charge is -2.21. The van der Waals surface area contributed by atoms with Crippen molar-refractivity contribution >= 4 is 5.82 Å². The molecule has 0 saturated carbocycles. The van der Waals surface area contributed by atoms with E-state index in [2.05, 4.69) is 30.2 Å². The normalized spacial score (nSPS) is 22.0. The number of nitrogens with zero attached hydrogens (tertiary/aromatic N) is 1. The highest BCUT2D eigenvalue weighted by Gasteiger charge is 2.22. The molecule has 1 aromatic rings. The van der Waals surface area contributed by atoms with Gasteiger partial charge in [-0.2, -0.15) is 0 Å². The van der Waals surface area contributed by atoms with Crippen molar-refractivity contribution in [1.29, 1.82) is 0 Å². The third-order valence-electron chi connectivity index (χ3n) is 3.31. The smallest absolute Gasteiger partial charge is 0.129 e. The molecule has 3 nitrogen and oxygen atoms in total. The average Bonchev–Trinajstić information content (AvgIpc) is 2.83. The second-order valence-electron chi connectivity index (χ2n) is 4.42. The number of pyridine rings is 1. The maximum Gasteiger partial charge on any atom is 0.129 e. The Kier molecular flexibility index (Phi) is 3.78. The van der Waals surface area contributed by atoms with Gasteiger partial charge in [0.25, 0.3) is 0 Å². The standard InChI is InChI=1S/C13H20N2O/c1-3-11-5-4-7-14-13(11)15-10(2)12-6-8-16-9-12/h4-5,7,10,12H,3,6,8-9H2,1-2H3,(H,14,15). The topological polar surface area (TPSA) is 34.2 Å². The summed E-state index contributed by atoms with van der Waals surface area (Å²) < 4.78 is 5.41. The van der Waals surface area contributed by atoms with Gasteiger partial charge >= 0.3 is 0 Å². The van der Waals surface area contributed by atoms with E-state index in [0.29, 0.717) is 12.0 Å². The number of ether oxygens (including phenoxy) is 1. The van der Waals surface area contributed by atoms with Crippen LogP contribution >= 0.6 is 0 Å². The fourth-order valence-electron chi connectivity index (χ4n) is 2.13. The molecule has 1 N–H and O–H groups in total.